The summed E-state index contributed by atoms with van der Waals surface area (Å²) in [6.07, 6.45) is 9.87. The third kappa shape index (κ3) is 4.42. The van der Waals surface area contributed by atoms with E-state index in [4.69, 9.17) is 9.72 Å². The van der Waals surface area contributed by atoms with Gasteiger partial charge < -0.3 is 20.5 Å². The lowest BCUT2D eigenvalue weighted by molar-refractivity contribution is 0.110. The molecule has 2 bridgehead atoms. The number of rotatable bonds is 6. The molecule has 1 aromatic carbocycles. The number of pyridine rings is 1. The molecule has 4 aliphatic heterocycles. The van der Waals surface area contributed by atoms with Crippen molar-refractivity contribution in [3.8, 4) is 17.3 Å². The van der Waals surface area contributed by atoms with Crippen LogP contribution in [-0.4, -0.2) is 75.2 Å². The number of piperidine rings is 1. The van der Waals surface area contributed by atoms with E-state index in [2.05, 4.69) is 20.6 Å². The van der Waals surface area contributed by atoms with Gasteiger partial charge >= 0.3 is 0 Å². The summed E-state index contributed by atoms with van der Waals surface area (Å²) in [5.41, 5.74) is 1.34. The molecule has 3 aromatic rings. The molecule has 216 valence electrons. The molecule has 1 aliphatic carbocycles. The van der Waals surface area contributed by atoms with Gasteiger partial charge in [-0.15, -0.1) is 0 Å². The van der Waals surface area contributed by atoms with Gasteiger partial charge in [0.15, 0.2) is 0 Å². The van der Waals surface area contributed by atoms with E-state index in [1.807, 2.05) is 0 Å². The first-order valence-electron chi connectivity index (χ1n) is 15.3. The number of benzene rings is 1. The van der Waals surface area contributed by atoms with Crippen molar-refractivity contribution in [2.75, 3.05) is 32.8 Å². The molecule has 6 heterocycles. The average Bonchev–Trinajstić information content (AvgIpc) is 3.58. The van der Waals surface area contributed by atoms with Crippen molar-refractivity contribution in [1.82, 2.24) is 30.3 Å². The predicted molar refractivity (Wildman–Crippen MR) is 153 cm³/mol. The monoisotopic (exact) mass is 560 g/mol. The molecule has 0 spiro atoms. The topological polar surface area (TPSA) is 105 Å². The fourth-order valence-electron chi connectivity index (χ4n) is 8.10. The van der Waals surface area contributed by atoms with Crippen molar-refractivity contribution in [2.24, 2.45) is 0 Å². The molecular weight excluding hydrogens is 523 g/mol. The average molecular weight is 561 g/mol. The largest absolute Gasteiger partial charge is 0.508 e. The van der Waals surface area contributed by atoms with Crippen LogP contribution in [0.25, 0.3) is 16.5 Å². The van der Waals surface area contributed by atoms with Gasteiger partial charge in [-0.1, -0.05) is 0 Å². The summed E-state index contributed by atoms with van der Waals surface area (Å²) in [4.78, 5) is 21.8. The first-order valence-corrected chi connectivity index (χ1v) is 15.3. The molecule has 0 amide bonds. The Morgan fingerprint density at radius 3 is 2.54 bits per heavy atom. The molecule has 10 heteroatoms. The van der Waals surface area contributed by atoms with Gasteiger partial charge in [0.25, 0.3) is 5.56 Å². The van der Waals surface area contributed by atoms with Crippen LogP contribution < -0.4 is 20.9 Å². The van der Waals surface area contributed by atoms with E-state index >= 15 is 4.39 Å². The minimum Gasteiger partial charge on any atom is -0.508 e. The Kier molecular flexibility index (Phi) is 6.09. The van der Waals surface area contributed by atoms with Crippen LogP contribution in [0.3, 0.4) is 0 Å². The second-order valence-corrected chi connectivity index (χ2v) is 12.9. The van der Waals surface area contributed by atoms with E-state index in [1.54, 1.807) is 12.3 Å². The number of phenols is 1. The van der Waals surface area contributed by atoms with Gasteiger partial charge in [0, 0.05) is 60.2 Å². The van der Waals surface area contributed by atoms with Crippen LogP contribution in [0.5, 0.6) is 11.6 Å². The summed E-state index contributed by atoms with van der Waals surface area (Å²) in [5.74, 6) is -0.0414. The van der Waals surface area contributed by atoms with E-state index in [0.29, 0.717) is 41.2 Å². The number of aromatic hydroxyl groups is 1. The van der Waals surface area contributed by atoms with Crippen LogP contribution in [0, 0.1) is 5.82 Å². The number of halogens is 1. The molecule has 1 saturated carbocycles. The number of hydrogen-bond acceptors (Lipinski definition) is 8. The van der Waals surface area contributed by atoms with Crippen molar-refractivity contribution < 1.29 is 14.2 Å². The Morgan fingerprint density at radius 1 is 1.05 bits per heavy atom. The Bertz CT molecular complexity index is 1550. The highest BCUT2D eigenvalue weighted by Gasteiger charge is 2.45. The van der Waals surface area contributed by atoms with Gasteiger partial charge in [-0.25, -0.2) is 9.37 Å². The number of nitrogens with zero attached hydrogens (tertiary/aromatic N) is 4. The summed E-state index contributed by atoms with van der Waals surface area (Å²) < 4.78 is 22.8. The van der Waals surface area contributed by atoms with Crippen molar-refractivity contribution in [3.63, 3.8) is 0 Å². The van der Waals surface area contributed by atoms with E-state index < -0.39 is 5.82 Å². The van der Waals surface area contributed by atoms with Crippen LogP contribution in [0.1, 0.15) is 74.5 Å². The molecule has 41 heavy (non-hydrogen) atoms. The molecule has 8 rings (SSSR count). The fourth-order valence-corrected chi connectivity index (χ4v) is 8.10. The molecule has 2 aromatic heterocycles. The van der Waals surface area contributed by atoms with Crippen molar-refractivity contribution in [3.05, 3.63) is 51.8 Å². The van der Waals surface area contributed by atoms with Crippen LogP contribution in [0.15, 0.2) is 29.2 Å². The van der Waals surface area contributed by atoms with Gasteiger partial charge in [0.05, 0.1) is 28.5 Å². The highest BCUT2D eigenvalue weighted by molar-refractivity contribution is 5.84. The number of piperazine rings is 1. The predicted octanol–water partition coefficient (Wildman–Crippen LogP) is 3.32. The number of hydrogen-bond donors (Lipinski definition) is 3. The minimum absolute atomic E-state index is 0.0321. The highest BCUT2D eigenvalue weighted by Crippen LogP contribution is 2.45. The number of fused-ring (bicyclic) bond motifs is 4. The quantitative estimate of drug-likeness (QED) is 0.422. The van der Waals surface area contributed by atoms with E-state index in [-0.39, 0.29) is 28.7 Å². The Balaban J connectivity index is 1.24. The second kappa shape index (κ2) is 9.74. The zero-order chi connectivity index (χ0) is 27.7. The van der Waals surface area contributed by atoms with Crippen molar-refractivity contribution in [1.29, 1.82) is 0 Å². The zero-order valence-corrected chi connectivity index (χ0v) is 23.2. The van der Waals surface area contributed by atoms with E-state index in [1.165, 1.54) is 23.6 Å². The highest BCUT2D eigenvalue weighted by atomic mass is 19.1. The molecular formula is C31H37FN6O3. The van der Waals surface area contributed by atoms with Gasteiger partial charge in [0.2, 0.25) is 5.88 Å². The second-order valence-electron chi connectivity index (χ2n) is 12.9. The smallest absolute Gasteiger partial charge is 0.279 e. The van der Waals surface area contributed by atoms with Gasteiger partial charge in [-0.2, -0.15) is 9.78 Å². The first kappa shape index (κ1) is 25.6. The van der Waals surface area contributed by atoms with Gasteiger partial charge in [-0.3, -0.25) is 9.69 Å². The third-order valence-corrected chi connectivity index (χ3v) is 10.2. The summed E-state index contributed by atoms with van der Waals surface area (Å²) in [5, 5.41) is 23.2. The summed E-state index contributed by atoms with van der Waals surface area (Å²) in [7, 11) is 0. The SMILES string of the molecule is O=c1c2cc(OCC34CCCN3CCC4)nc(C3CC4CNCC(C3)N4)c2cnn1-c1cc(O)cc(F)c1C1CC1. The normalized spacial score (nSPS) is 27.3. The van der Waals surface area contributed by atoms with Crippen LogP contribution in [-0.2, 0) is 0 Å². The van der Waals surface area contributed by atoms with Crippen LogP contribution in [0.2, 0.25) is 0 Å². The van der Waals surface area contributed by atoms with E-state index in [0.717, 1.165) is 81.9 Å². The Hall–Kier alpha value is -3.08. The number of ether oxygens (including phenoxy) is 1. The maximum Gasteiger partial charge on any atom is 0.279 e. The molecule has 5 fully saturated rings. The molecule has 2 atom stereocenters. The summed E-state index contributed by atoms with van der Waals surface area (Å²) >= 11 is 0. The Morgan fingerprint density at radius 2 is 1.80 bits per heavy atom. The maximum absolute atomic E-state index is 15.0. The van der Waals surface area contributed by atoms with Crippen LogP contribution >= 0.6 is 0 Å². The lowest BCUT2D eigenvalue weighted by atomic mass is 9.82. The number of aromatic nitrogens is 3. The minimum atomic E-state index is -0.498. The fraction of sp³-hybridized carbons (Fsp3) is 0.581. The summed E-state index contributed by atoms with van der Waals surface area (Å²) in [6.45, 7) is 4.63. The Labute approximate surface area is 238 Å². The third-order valence-electron chi connectivity index (χ3n) is 10.2. The van der Waals surface area contributed by atoms with Crippen molar-refractivity contribution in [2.45, 2.75) is 80.8 Å². The summed E-state index contributed by atoms with van der Waals surface area (Å²) in [6, 6.07) is 5.02. The standard InChI is InChI=1S/C31H37FN6O3/c32-25-11-22(39)12-26(28(25)18-3-4-18)38-30(40)23-13-27(41-17-31-5-1-7-37(31)8-2-6-31)36-29(24(23)16-34-38)19-9-20-14-33-15-21(10-19)35-20/h11-13,16,18-21,33,35,39H,1-10,14-15,17H2. The molecule has 5 aliphatic rings. The number of phenolic OH excluding ortho intramolecular Hbond substituents is 1. The maximum atomic E-state index is 15.0. The molecule has 4 saturated heterocycles. The zero-order valence-electron chi connectivity index (χ0n) is 23.2. The molecule has 0 radical (unpaired) electrons. The number of nitrogens with one attached hydrogen (secondary N) is 2. The molecule has 9 nitrogen and oxygen atoms in total. The van der Waals surface area contributed by atoms with Gasteiger partial charge in [-0.05, 0) is 70.4 Å². The van der Waals surface area contributed by atoms with Crippen molar-refractivity contribution >= 4 is 10.8 Å². The first-order chi connectivity index (χ1) is 20.0. The lowest BCUT2D eigenvalue weighted by Crippen LogP contribution is -2.58. The van der Waals surface area contributed by atoms with Gasteiger partial charge in [0.1, 0.15) is 18.2 Å². The molecule has 3 N–H and O–H groups in total. The van der Waals surface area contributed by atoms with E-state index in [9.17, 15) is 9.90 Å². The molecule has 2 unspecified atom stereocenters. The lowest BCUT2D eigenvalue weighted by Gasteiger charge is -2.40. The van der Waals surface area contributed by atoms with Crippen LogP contribution in [0.4, 0.5) is 4.39 Å².